The van der Waals surface area contributed by atoms with Gasteiger partial charge >= 0.3 is 0 Å². The molecule has 2 rings (SSSR count). The fourth-order valence-corrected chi connectivity index (χ4v) is 3.15. The Labute approximate surface area is 112 Å². The highest BCUT2D eigenvalue weighted by Gasteiger charge is 2.28. The summed E-state index contributed by atoms with van der Waals surface area (Å²) < 4.78 is 1.03. The molecule has 0 radical (unpaired) electrons. The van der Waals surface area contributed by atoms with Gasteiger partial charge in [-0.15, -0.1) is 0 Å². The van der Waals surface area contributed by atoms with Gasteiger partial charge in [-0.05, 0) is 37.0 Å². The molecule has 0 aromatic heterocycles. The van der Waals surface area contributed by atoms with Crippen molar-refractivity contribution < 1.29 is 5.11 Å². The van der Waals surface area contributed by atoms with E-state index >= 15 is 0 Å². The highest BCUT2D eigenvalue weighted by atomic mass is 79.9. The van der Waals surface area contributed by atoms with Gasteiger partial charge < -0.3 is 10.0 Å². The Hall–Kier alpha value is -0.540. The summed E-state index contributed by atoms with van der Waals surface area (Å²) in [5, 5.41) is 9.48. The molecule has 2 nitrogen and oxygen atoms in total. The second kappa shape index (κ2) is 5.40. The normalized spacial score (nSPS) is 20.3. The number of aliphatic hydroxyl groups excluding tert-OH is 1. The number of rotatable bonds is 3. The summed E-state index contributed by atoms with van der Waals surface area (Å²) in [6.45, 7) is 5.77. The van der Waals surface area contributed by atoms with Crippen LogP contribution in [0.5, 0.6) is 0 Å². The number of halogens is 1. The van der Waals surface area contributed by atoms with Crippen LogP contribution >= 0.6 is 15.9 Å². The molecule has 1 aliphatic heterocycles. The van der Waals surface area contributed by atoms with Crippen LogP contribution in [0.4, 0.5) is 5.69 Å². The van der Waals surface area contributed by atoms with E-state index in [-0.39, 0.29) is 6.61 Å². The van der Waals surface area contributed by atoms with Crippen molar-refractivity contribution in [2.45, 2.75) is 39.3 Å². The van der Waals surface area contributed by atoms with Gasteiger partial charge in [0.1, 0.15) is 0 Å². The lowest BCUT2D eigenvalue weighted by Crippen LogP contribution is -2.34. The van der Waals surface area contributed by atoms with Gasteiger partial charge in [0.05, 0.1) is 6.61 Å². The first kappa shape index (κ1) is 12.9. The van der Waals surface area contributed by atoms with E-state index in [1.807, 2.05) is 6.07 Å². The van der Waals surface area contributed by atoms with Gasteiger partial charge in [0.25, 0.3) is 0 Å². The molecule has 0 amide bonds. The topological polar surface area (TPSA) is 23.5 Å². The number of nitrogens with zero attached hydrogens (tertiary/aromatic N) is 1. The molecular weight excluding hydrogens is 278 g/mol. The summed E-state index contributed by atoms with van der Waals surface area (Å²) >= 11 is 3.46. The van der Waals surface area contributed by atoms with Gasteiger partial charge in [-0.25, -0.2) is 0 Å². The summed E-state index contributed by atoms with van der Waals surface area (Å²) in [4.78, 5) is 2.46. The summed E-state index contributed by atoms with van der Waals surface area (Å²) in [6.07, 6.45) is 2.52. The van der Waals surface area contributed by atoms with E-state index in [1.165, 1.54) is 18.5 Å². The van der Waals surface area contributed by atoms with Crippen molar-refractivity contribution in [2.75, 3.05) is 11.4 Å². The second-order valence-corrected chi connectivity index (χ2v) is 5.99. The molecule has 1 heterocycles. The van der Waals surface area contributed by atoms with Gasteiger partial charge in [-0.2, -0.15) is 0 Å². The molecule has 94 valence electrons. The number of hydrogen-bond donors (Lipinski definition) is 1. The fraction of sp³-hybridized carbons (Fsp3) is 0.571. The van der Waals surface area contributed by atoms with Crippen LogP contribution in [0.3, 0.4) is 0 Å². The summed E-state index contributed by atoms with van der Waals surface area (Å²) in [6, 6.07) is 6.81. The van der Waals surface area contributed by atoms with Crippen molar-refractivity contribution in [3.05, 3.63) is 28.2 Å². The van der Waals surface area contributed by atoms with E-state index < -0.39 is 0 Å². The van der Waals surface area contributed by atoms with Crippen molar-refractivity contribution in [3.8, 4) is 0 Å². The first-order valence-corrected chi connectivity index (χ1v) is 7.08. The maximum absolute atomic E-state index is 9.48. The molecule has 1 aromatic carbocycles. The van der Waals surface area contributed by atoms with Crippen LogP contribution in [0.1, 0.15) is 32.3 Å². The number of anilines is 1. The second-order valence-electron chi connectivity index (χ2n) is 5.08. The summed E-state index contributed by atoms with van der Waals surface area (Å²) in [5.74, 6) is 0.660. The third kappa shape index (κ3) is 2.66. The number of hydrogen-bond acceptors (Lipinski definition) is 2. The van der Waals surface area contributed by atoms with Crippen molar-refractivity contribution in [1.82, 2.24) is 0 Å². The molecule has 17 heavy (non-hydrogen) atoms. The average Bonchev–Trinajstić information content (AvgIpc) is 2.77. The van der Waals surface area contributed by atoms with Crippen LogP contribution in [0.15, 0.2) is 22.7 Å². The Morgan fingerprint density at radius 2 is 2.24 bits per heavy atom. The van der Waals surface area contributed by atoms with Gasteiger partial charge in [-0.3, -0.25) is 0 Å². The SMILES string of the molecule is CC(C)C1CCCN1c1ccc(Br)cc1CO. The van der Waals surface area contributed by atoms with Crippen LogP contribution in [-0.2, 0) is 6.61 Å². The van der Waals surface area contributed by atoms with Crippen LogP contribution in [-0.4, -0.2) is 17.7 Å². The zero-order chi connectivity index (χ0) is 12.4. The molecule has 0 spiro atoms. The van der Waals surface area contributed by atoms with Crippen LogP contribution in [0.2, 0.25) is 0 Å². The molecular formula is C14H20BrNO. The summed E-state index contributed by atoms with van der Waals surface area (Å²) in [7, 11) is 0. The predicted octanol–water partition coefficient (Wildman–Crippen LogP) is 3.57. The fourth-order valence-electron chi connectivity index (χ4n) is 2.75. The third-order valence-corrected chi connectivity index (χ3v) is 4.08. The first-order valence-electron chi connectivity index (χ1n) is 6.29. The molecule has 1 N–H and O–H groups in total. The standard InChI is InChI=1S/C14H20BrNO/c1-10(2)13-4-3-7-16(13)14-6-5-12(15)8-11(14)9-17/h5-6,8,10,13,17H,3-4,7,9H2,1-2H3. The van der Waals surface area contributed by atoms with Crippen LogP contribution in [0, 0.1) is 5.92 Å². The highest BCUT2D eigenvalue weighted by Crippen LogP contribution is 2.33. The largest absolute Gasteiger partial charge is 0.392 e. The smallest absolute Gasteiger partial charge is 0.0702 e. The van der Waals surface area contributed by atoms with Crippen molar-refractivity contribution >= 4 is 21.6 Å². The maximum Gasteiger partial charge on any atom is 0.0702 e. The van der Waals surface area contributed by atoms with Gasteiger partial charge in [0.15, 0.2) is 0 Å². The zero-order valence-corrected chi connectivity index (χ0v) is 12.1. The molecule has 1 unspecified atom stereocenters. The molecule has 1 fully saturated rings. The Bertz CT molecular complexity index is 392. The molecule has 0 bridgehead atoms. The minimum absolute atomic E-state index is 0.107. The van der Waals surface area contributed by atoms with E-state index in [4.69, 9.17) is 0 Å². The van der Waals surface area contributed by atoms with E-state index in [0.717, 1.165) is 16.6 Å². The molecule has 1 aliphatic rings. The van der Waals surface area contributed by atoms with Gasteiger partial charge in [-0.1, -0.05) is 29.8 Å². The Balaban J connectivity index is 2.32. The van der Waals surface area contributed by atoms with Gasteiger partial charge in [0, 0.05) is 28.3 Å². The van der Waals surface area contributed by atoms with E-state index in [1.54, 1.807) is 0 Å². The number of aliphatic hydroxyl groups is 1. The predicted molar refractivity (Wildman–Crippen MR) is 75.3 cm³/mol. The van der Waals surface area contributed by atoms with Crippen molar-refractivity contribution in [3.63, 3.8) is 0 Å². The minimum atomic E-state index is 0.107. The Morgan fingerprint density at radius 1 is 1.47 bits per heavy atom. The molecule has 1 atom stereocenters. The van der Waals surface area contributed by atoms with E-state index in [9.17, 15) is 5.11 Å². The quantitative estimate of drug-likeness (QED) is 0.922. The lowest BCUT2D eigenvalue weighted by atomic mass is 10.0. The zero-order valence-electron chi connectivity index (χ0n) is 10.5. The minimum Gasteiger partial charge on any atom is -0.392 e. The molecule has 3 heteroatoms. The lowest BCUT2D eigenvalue weighted by Gasteiger charge is -2.31. The van der Waals surface area contributed by atoms with E-state index in [0.29, 0.717) is 12.0 Å². The maximum atomic E-state index is 9.48. The number of benzene rings is 1. The van der Waals surface area contributed by atoms with Gasteiger partial charge in [0.2, 0.25) is 0 Å². The van der Waals surface area contributed by atoms with Crippen LogP contribution < -0.4 is 4.90 Å². The molecule has 1 aromatic rings. The van der Waals surface area contributed by atoms with Crippen LogP contribution in [0.25, 0.3) is 0 Å². The van der Waals surface area contributed by atoms with Crippen molar-refractivity contribution in [2.24, 2.45) is 5.92 Å². The lowest BCUT2D eigenvalue weighted by molar-refractivity contribution is 0.281. The molecule has 1 saturated heterocycles. The highest BCUT2D eigenvalue weighted by molar-refractivity contribution is 9.10. The van der Waals surface area contributed by atoms with E-state index in [2.05, 4.69) is 46.8 Å². The summed E-state index contributed by atoms with van der Waals surface area (Å²) in [5.41, 5.74) is 2.22. The average molecular weight is 298 g/mol. The molecule has 0 saturated carbocycles. The Morgan fingerprint density at radius 3 is 2.88 bits per heavy atom. The third-order valence-electron chi connectivity index (χ3n) is 3.59. The van der Waals surface area contributed by atoms with Crippen molar-refractivity contribution in [1.29, 1.82) is 0 Å². The Kier molecular flexibility index (Phi) is 4.10. The molecule has 0 aliphatic carbocycles. The monoisotopic (exact) mass is 297 g/mol. The first-order chi connectivity index (χ1) is 8.13.